The molecule has 33 heavy (non-hydrogen) atoms. The molecule has 3 heterocycles. The third-order valence-electron chi connectivity index (χ3n) is 5.45. The number of amides is 1. The Morgan fingerprint density at radius 2 is 2.03 bits per heavy atom. The van der Waals surface area contributed by atoms with E-state index < -0.39 is 0 Å². The van der Waals surface area contributed by atoms with Gasteiger partial charge in [-0.1, -0.05) is 18.2 Å². The SMILES string of the molecule is C/C=C/C(=O)Nc1ccc(CN2CCc3c(C)nc(Nc4cnn(CCOC)c4)nc32)cc1. The van der Waals surface area contributed by atoms with Crippen molar-refractivity contribution in [1.82, 2.24) is 19.7 Å². The molecular formula is C24H29N7O2. The minimum absolute atomic E-state index is 0.129. The summed E-state index contributed by atoms with van der Waals surface area (Å²) in [5.74, 6) is 1.39. The number of nitrogens with one attached hydrogen (secondary N) is 2. The number of allylic oxidation sites excluding steroid dienone is 1. The molecule has 3 aromatic rings. The van der Waals surface area contributed by atoms with Crippen LogP contribution in [0.5, 0.6) is 0 Å². The van der Waals surface area contributed by atoms with Gasteiger partial charge in [-0.05, 0) is 44.0 Å². The third kappa shape index (κ3) is 5.56. The lowest BCUT2D eigenvalue weighted by atomic mass is 10.2. The Morgan fingerprint density at radius 3 is 2.79 bits per heavy atom. The normalized spacial score (nSPS) is 12.9. The first kappa shape index (κ1) is 22.5. The molecule has 0 saturated carbocycles. The van der Waals surface area contributed by atoms with Crippen molar-refractivity contribution in [3.63, 3.8) is 0 Å². The van der Waals surface area contributed by atoms with Crippen molar-refractivity contribution in [2.75, 3.05) is 35.8 Å². The first-order chi connectivity index (χ1) is 16.1. The van der Waals surface area contributed by atoms with Crippen LogP contribution in [0.3, 0.4) is 0 Å². The van der Waals surface area contributed by atoms with Crippen molar-refractivity contribution >= 4 is 29.0 Å². The summed E-state index contributed by atoms with van der Waals surface area (Å²) in [5, 5.41) is 10.5. The lowest BCUT2D eigenvalue weighted by Crippen LogP contribution is -2.21. The molecule has 0 fully saturated rings. The number of benzene rings is 1. The Kier molecular flexibility index (Phi) is 6.99. The van der Waals surface area contributed by atoms with E-state index in [1.165, 1.54) is 11.6 Å². The minimum atomic E-state index is -0.129. The van der Waals surface area contributed by atoms with Gasteiger partial charge < -0.3 is 20.3 Å². The number of carbonyl (C=O) groups is 1. The van der Waals surface area contributed by atoms with Gasteiger partial charge in [0.25, 0.3) is 0 Å². The number of aromatic nitrogens is 4. The smallest absolute Gasteiger partial charge is 0.248 e. The number of fused-ring (bicyclic) bond motifs is 1. The largest absolute Gasteiger partial charge is 0.383 e. The number of methoxy groups -OCH3 is 1. The number of hydrogen-bond acceptors (Lipinski definition) is 7. The van der Waals surface area contributed by atoms with Gasteiger partial charge in [-0.15, -0.1) is 0 Å². The van der Waals surface area contributed by atoms with Crippen LogP contribution in [0.15, 0.2) is 48.8 Å². The van der Waals surface area contributed by atoms with Gasteiger partial charge in [0.15, 0.2) is 0 Å². The van der Waals surface area contributed by atoms with Crippen molar-refractivity contribution in [3.05, 3.63) is 65.6 Å². The molecule has 0 spiro atoms. The molecule has 0 unspecified atom stereocenters. The van der Waals surface area contributed by atoms with E-state index >= 15 is 0 Å². The average molecular weight is 448 g/mol. The molecule has 2 aromatic heterocycles. The van der Waals surface area contributed by atoms with Gasteiger partial charge >= 0.3 is 0 Å². The maximum Gasteiger partial charge on any atom is 0.248 e. The quantitative estimate of drug-likeness (QED) is 0.485. The maximum atomic E-state index is 11.7. The number of aryl methyl sites for hydroxylation is 1. The lowest BCUT2D eigenvalue weighted by Gasteiger charge is -2.19. The molecule has 1 amide bonds. The predicted octanol–water partition coefficient (Wildman–Crippen LogP) is 3.45. The number of nitrogens with zero attached hydrogens (tertiary/aromatic N) is 5. The third-order valence-corrected chi connectivity index (χ3v) is 5.45. The Morgan fingerprint density at radius 1 is 1.21 bits per heavy atom. The van der Waals surface area contributed by atoms with Crippen molar-refractivity contribution in [1.29, 1.82) is 0 Å². The number of rotatable bonds is 9. The van der Waals surface area contributed by atoms with Crippen LogP contribution in [-0.4, -0.2) is 45.9 Å². The van der Waals surface area contributed by atoms with Crippen molar-refractivity contribution in [2.24, 2.45) is 0 Å². The second-order valence-corrected chi connectivity index (χ2v) is 7.90. The molecule has 0 atom stereocenters. The number of ether oxygens (including phenoxy) is 1. The van der Waals surface area contributed by atoms with Gasteiger partial charge in [0, 0.05) is 43.3 Å². The van der Waals surface area contributed by atoms with Crippen LogP contribution in [0.2, 0.25) is 0 Å². The second kappa shape index (κ2) is 10.3. The van der Waals surface area contributed by atoms with Crippen LogP contribution in [0.1, 0.15) is 23.7 Å². The molecule has 2 N–H and O–H groups in total. The predicted molar refractivity (Wildman–Crippen MR) is 129 cm³/mol. The fraction of sp³-hybridized carbons (Fsp3) is 0.333. The second-order valence-electron chi connectivity index (χ2n) is 7.90. The Balaban J connectivity index is 1.45. The van der Waals surface area contributed by atoms with E-state index in [0.29, 0.717) is 19.1 Å². The molecule has 0 bridgehead atoms. The minimum Gasteiger partial charge on any atom is -0.383 e. The van der Waals surface area contributed by atoms with E-state index in [2.05, 4.69) is 25.6 Å². The monoisotopic (exact) mass is 447 g/mol. The first-order valence-electron chi connectivity index (χ1n) is 11.0. The Bertz CT molecular complexity index is 1140. The molecule has 9 heteroatoms. The number of anilines is 4. The zero-order valence-corrected chi connectivity index (χ0v) is 19.2. The van der Waals surface area contributed by atoms with E-state index in [4.69, 9.17) is 9.72 Å². The summed E-state index contributed by atoms with van der Waals surface area (Å²) in [7, 11) is 1.67. The molecule has 0 saturated heterocycles. The standard InChI is InChI=1S/C24H29N7O2/c1-4-5-22(32)27-19-8-6-18(7-9-19)15-30-11-10-21-17(2)26-24(29-23(21)30)28-20-14-25-31(16-20)12-13-33-3/h4-9,14,16H,10-13,15H2,1-3H3,(H,27,32)(H,26,28,29)/b5-4+. The Labute approximate surface area is 193 Å². The van der Waals surface area contributed by atoms with Crippen molar-refractivity contribution in [3.8, 4) is 0 Å². The number of carbonyl (C=O) groups excluding carboxylic acids is 1. The molecule has 4 rings (SSSR count). The fourth-order valence-corrected chi connectivity index (χ4v) is 3.81. The highest BCUT2D eigenvalue weighted by molar-refractivity contribution is 5.99. The van der Waals surface area contributed by atoms with Gasteiger partial charge in [0.2, 0.25) is 11.9 Å². The van der Waals surface area contributed by atoms with Gasteiger partial charge in [-0.2, -0.15) is 10.1 Å². The molecule has 1 aliphatic heterocycles. The van der Waals surface area contributed by atoms with E-state index in [9.17, 15) is 4.79 Å². The van der Waals surface area contributed by atoms with Gasteiger partial charge in [-0.25, -0.2) is 4.98 Å². The highest BCUT2D eigenvalue weighted by Gasteiger charge is 2.24. The van der Waals surface area contributed by atoms with Crippen LogP contribution in [0.25, 0.3) is 0 Å². The van der Waals surface area contributed by atoms with E-state index in [1.54, 1.807) is 19.4 Å². The lowest BCUT2D eigenvalue weighted by molar-refractivity contribution is -0.111. The fourth-order valence-electron chi connectivity index (χ4n) is 3.81. The highest BCUT2D eigenvalue weighted by Crippen LogP contribution is 2.31. The molecule has 0 aliphatic carbocycles. The summed E-state index contributed by atoms with van der Waals surface area (Å²) in [5.41, 5.74) is 4.94. The van der Waals surface area contributed by atoms with Crippen molar-refractivity contribution < 1.29 is 9.53 Å². The first-order valence-corrected chi connectivity index (χ1v) is 11.0. The summed E-state index contributed by atoms with van der Waals surface area (Å²) in [6.45, 7) is 6.77. The topological polar surface area (TPSA) is 97.2 Å². The zero-order chi connectivity index (χ0) is 23.2. The van der Waals surface area contributed by atoms with Crippen molar-refractivity contribution in [2.45, 2.75) is 33.4 Å². The van der Waals surface area contributed by atoms with E-state index in [-0.39, 0.29) is 5.91 Å². The van der Waals surface area contributed by atoms with Crippen LogP contribution in [0, 0.1) is 6.92 Å². The molecular weight excluding hydrogens is 418 g/mol. The van der Waals surface area contributed by atoms with Crippen LogP contribution < -0.4 is 15.5 Å². The summed E-state index contributed by atoms with van der Waals surface area (Å²) in [6.07, 6.45) is 7.82. The molecule has 1 aromatic carbocycles. The summed E-state index contributed by atoms with van der Waals surface area (Å²) in [4.78, 5) is 23.5. The summed E-state index contributed by atoms with van der Waals surface area (Å²) in [6, 6.07) is 7.91. The molecule has 9 nitrogen and oxygen atoms in total. The molecule has 1 aliphatic rings. The zero-order valence-electron chi connectivity index (χ0n) is 19.2. The maximum absolute atomic E-state index is 11.7. The summed E-state index contributed by atoms with van der Waals surface area (Å²) < 4.78 is 6.92. The highest BCUT2D eigenvalue weighted by atomic mass is 16.5. The van der Waals surface area contributed by atoms with E-state index in [1.807, 2.05) is 49.0 Å². The number of hydrogen-bond donors (Lipinski definition) is 2. The van der Waals surface area contributed by atoms with Crippen LogP contribution in [0.4, 0.5) is 23.1 Å². The van der Waals surface area contributed by atoms with Crippen LogP contribution in [-0.2, 0) is 29.0 Å². The average Bonchev–Trinajstić information content (AvgIpc) is 3.41. The molecule has 172 valence electrons. The van der Waals surface area contributed by atoms with E-state index in [0.717, 1.165) is 48.0 Å². The van der Waals surface area contributed by atoms with Gasteiger partial charge in [-0.3, -0.25) is 9.48 Å². The Hall–Kier alpha value is -3.72. The summed E-state index contributed by atoms with van der Waals surface area (Å²) >= 11 is 0. The van der Waals surface area contributed by atoms with Gasteiger partial charge in [0.05, 0.1) is 25.0 Å². The molecule has 0 radical (unpaired) electrons. The van der Waals surface area contributed by atoms with Gasteiger partial charge in [0.1, 0.15) is 5.82 Å². The van der Waals surface area contributed by atoms with Crippen LogP contribution >= 0.6 is 0 Å².